The molecule has 7 rings (SSSR count). The number of ether oxygens (including phenoxy) is 1. The largest absolute Gasteiger partial charge is 0.475 e. The first kappa shape index (κ1) is 49.3. The quantitative estimate of drug-likeness (QED) is 0.0895. The van der Waals surface area contributed by atoms with Gasteiger partial charge in [-0.1, -0.05) is 91.0 Å². The van der Waals surface area contributed by atoms with E-state index in [4.69, 9.17) is 14.9 Å². The van der Waals surface area contributed by atoms with Crippen molar-refractivity contribution in [2.24, 2.45) is 11.1 Å². The predicted molar refractivity (Wildman–Crippen MR) is 256 cm³/mol. The molecule has 1 fully saturated rings. The number of furan rings is 1. The Bertz CT molecular complexity index is 2680. The average molecular weight is 940 g/mol. The third kappa shape index (κ3) is 13.3. The molecule has 0 spiro atoms. The smallest absolute Gasteiger partial charge is 0.371 e. The lowest BCUT2D eigenvalue weighted by Gasteiger charge is -2.42. The van der Waals surface area contributed by atoms with Gasteiger partial charge in [0.15, 0.2) is 0 Å². The number of aromatic carboxylic acids is 1. The van der Waals surface area contributed by atoms with Gasteiger partial charge in [0.2, 0.25) is 41.2 Å². The van der Waals surface area contributed by atoms with E-state index in [1.807, 2.05) is 60.7 Å². The Kier molecular flexibility index (Phi) is 16.7. The van der Waals surface area contributed by atoms with Crippen LogP contribution in [0.25, 0.3) is 22.1 Å². The van der Waals surface area contributed by atoms with Crippen molar-refractivity contribution in [2.75, 3.05) is 45.9 Å². The number of rotatable bonds is 12. The molecule has 6 amide bonds. The summed E-state index contributed by atoms with van der Waals surface area (Å²) in [5.74, 6) is -4.22. The van der Waals surface area contributed by atoms with Gasteiger partial charge in [0.05, 0.1) is 25.0 Å². The van der Waals surface area contributed by atoms with Crippen LogP contribution in [0.5, 0.6) is 0 Å². The van der Waals surface area contributed by atoms with Crippen LogP contribution >= 0.6 is 0 Å². The van der Waals surface area contributed by atoms with Crippen molar-refractivity contribution in [3.05, 3.63) is 143 Å². The third-order valence-electron chi connectivity index (χ3n) is 12.3. The average Bonchev–Trinajstić information content (AvgIpc) is 3.79. The summed E-state index contributed by atoms with van der Waals surface area (Å²) in [6.07, 6.45) is 3.43. The van der Waals surface area contributed by atoms with Gasteiger partial charge < -0.3 is 51.5 Å². The highest BCUT2D eigenvalue weighted by molar-refractivity contribution is 5.98. The minimum absolute atomic E-state index is 0.00371. The molecule has 2 aliphatic heterocycles. The highest BCUT2D eigenvalue weighted by Crippen LogP contribution is 2.35. The van der Waals surface area contributed by atoms with Crippen molar-refractivity contribution in [1.82, 2.24) is 31.5 Å². The van der Waals surface area contributed by atoms with Crippen molar-refractivity contribution in [3.8, 4) is 11.1 Å². The van der Waals surface area contributed by atoms with E-state index in [1.165, 1.54) is 6.07 Å². The van der Waals surface area contributed by atoms with E-state index in [2.05, 4.69) is 26.6 Å². The van der Waals surface area contributed by atoms with Gasteiger partial charge in [0.1, 0.15) is 17.7 Å². The summed E-state index contributed by atoms with van der Waals surface area (Å²) in [5, 5.41) is 24.4. The summed E-state index contributed by atoms with van der Waals surface area (Å²) in [6.45, 7) is 1.39. The summed E-state index contributed by atoms with van der Waals surface area (Å²) in [6, 6.07) is 28.8. The Hall–Kier alpha value is -7.63. The first-order valence-corrected chi connectivity index (χ1v) is 23.0. The topological polar surface area (TPSA) is 251 Å². The SMILES string of the molecule is NCCOCCNC(=O)[C@@H]1CCNC(=O)/C=C/C(=O)N2CCC[C@](Cc3ccccc3)(C2)C(=O)N[C@@H](Cc2ccc(-c3ccc4cc(C(=O)O)oc4c3)cc2)C(=O)NCc2ccccc2CC(=O)N1. The normalized spacial score (nSPS) is 20.2. The van der Waals surface area contributed by atoms with Crippen LogP contribution in [-0.4, -0.2) is 109 Å². The molecule has 3 heterocycles. The van der Waals surface area contributed by atoms with E-state index in [9.17, 15) is 38.7 Å². The van der Waals surface area contributed by atoms with Crippen molar-refractivity contribution in [3.63, 3.8) is 0 Å². The van der Waals surface area contributed by atoms with E-state index in [1.54, 1.807) is 41.3 Å². The summed E-state index contributed by atoms with van der Waals surface area (Å²) < 4.78 is 10.9. The molecule has 0 unspecified atom stereocenters. The number of fused-ring (bicyclic) bond motifs is 4. The molecule has 69 heavy (non-hydrogen) atoms. The third-order valence-corrected chi connectivity index (χ3v) is 12.3. The molecule has 360 valence electrons. The maximum Gasteiger partial charge on any atom is 0.371 e. The number of hydrogen-bond acceptors (Lipinski definition) is 10. The Morgan fingerprint density at radius 3 is 2.36 bits per heavy atom. The van der Waals surface area contributed by atoms with Crippen LogP contribution < -0.4 is 32.3 Å². The molecule has 1 aromatic heterocycles. The first-order chi connectivity index (χ1) is 33.4. The van der Waals surface area contributed by atoms with Crippen molar-refractivity contribution >= 4 is 52.4 Å². The van der Waals surface area contributed by atoms with Gasteiger partial charge in [-0.25, -0.2) is 4.79 Å². The molecule has 0 saturated carbocycles. The number of hydrogen-bond donors (Lipinski definition) is 7. The number of carbonyl (C=O) groups is 7. The molecular weight excluding hydrogens is 883 g/mol. The van der Waals surface area contributed by atoms with Crippen molar-refractivity contribution in [2.45, 2.75) is 57.2 Å². The molecule has 2 bridgehead atoms. The van der Waals surface area contributed by atoms with Crippen LogP contribution in [-0.2, 0) is 59.3 Å². The van der Waals surface area contributed by atoms with Gasteiger partial charge in [-0.3, -0.25) is 28.8 Å². The lowest BCUT2D eigenvalue weighted by Crippen LogP contribution is -2.58. The Labute approximate surface area is 399 Å². The number of carboxylic acid groups (broad SMARTS) is 1. The lowest BCUT2D eigenvalue weighted by molar-refractivity contribution is -0.141. The van der Waals surface area contributed by atoms with E-state index < -0.39 is 58.9 Å². The Morgan fingerprint density at radius 1 is 0.841 bits per heavy atom. The number of nitrogens with one attached hydrogen (secondary N) is 5. The molecule has 2 aliphatic rings. The molecule has 4 aromatic carbocycles. The zero-order valence-corrected chi connectivity index (χ0v) is 38.2. The van der Waals surface area contributed by atoms with Gasteiger partial charge in [-0.2, -0.15) is 0 Å². The number of nitrogens with zero attached hydrogens (tertiary/aromatic N) is 1. The Morgan fingerprint density at radius 2 is 1.59 bits per heavy atom. The van der Waals surface area contributed by atoms with Crippen LogP contribution in [0.1, 0.15) is 52.1 Å². The molecule has 0 radical (unpaired) electrons. The monoisotopic (exact) mass is 939 g/mol. The van der Waals surface area contributed by atoms with Gasteiger partial charge in [-0.15, -0.1) is 0 Å². The second kappa shape index (κ2) is 23.4. The van der Waals surface area contributed by atoms with Crippen LogP contribution in [0.3, 0.4) is 0 Å². The molecule has 17 heteroatoms. The standard InChI is InChI=1S/C52H57N7O10/c53-21-25-68-26-23-55-48(63)41-19-22-54-45(60)17-18-47(62)59-24-6-20-52(33-59,31-35-7-2-1-3-8-35)51(67)58-42(49(64)56-32-40-10-5-4-9-37(40)30-46(61)57-41)27-34-11-13-36(14-12-34)38-15-16-39-29-44(50(65)66)69-43(39)28-38/h1-5,7-18,28-29,41-42H,6,19-27,30-33,53H2,(H,54,60)(H,55,63)(H,56,64)(H,57,61)(H,58,67)(H,65,66)/b18-17+/t41-,42-,52-/m0/s1. The number of carbonyl (C=O) groups excluding carboxylic acids is 6. The zero-order chi connectivity index (χ0) is 48.8. The number of nitrogens with two attached hydrogens (primary N) is 1. The maximum absolute atomic E-state index is 15.0. The predicted octanol–water partition coefficient (Wildman–Crippen LogP) is 3.19. The lowest BCUT2D eigenvalue weighted by atomic mass is 9.74. The maximum atomic E-state index is 15.0. The van der Waals surface area contributed by atoms with E-state index in [-0.39, 0.29) is 64.2 Å². The van der Waals surface area contributed by atoms with Crippen LogP contribution in [0.15, 0.2) is 120 Å². The van der Waals surface area contributed by atoms with Gasteiger partial charge in [-0.05, 0) is 71.2 Å². The minimum Gasteiger partial charge on any atom is -0.475 e. The van der Waals surface area contributed by atoms with Crippen molar-refractivity contribution in [1.29, 1.82) is 0 Å². The van der Waals surface area contributed by atoms with E-state index in [0.717, 1.165) is 34.4 Å². The summed E-state index contributed by atoms with van der Waals surface area (Å²) in [7, 11) is 0. The highest BCUT2D eigenvalue weighted by atomic mass is 16.5. The zero-order valence-electron chi connectivity index (χ0n) is 38.2. The molecule has 8 N–H and O–H groups in total. The second-order valence-corrected chi connectivity index (χ2v) is 17.3. The van der Waals surface area contributed by atoms with Gasteiger partial charge in [0, 0.05) is 63.2 Å². The molecular formula is C52H57N7O10. The Balaban J connectivity index is 1.18. The second-order valence-electron chi connectivity index (χ2n) is 17.3. The molecule has 17 nitrogen and oxygen atoms in total. The first-order valence-electron chi connectivity index (χ1n) is 23.0. The fourth-order valence-electron chi connectivity index (χ4n) is 8.72. The number of amides is 6. The van der Waals surface area contributed by atoms with Crippen LogP contribution in [0.2, 0.25) is 0 Å². The molecule has 3 atom stereocenters. The van der Waals surface area contributed by atoms with E-state index in [0.29, 0.717) is 54.6 Å². The number of benzene rings is 4. The summed E-state index contributed by atoms with van der Waals surface area (Å²) in [4.78, 5) is 96.2. The van der Waals surface area contributed by atoms with Crippen LogP contribution in [0, 0.1) is 5.41 Å². The fourth-order valence-corrected chi connectivity index (χ4v) is 8.72. The minimum atomic E-state index is -1.17. The highest BCUT2D eigenvalue weighted by Gasteiger charge is 2.44. The molecule has 1 saturated heterocycles. The molecule has 5 aromatic rings. The number of carboxylic acids is 1. The summed E-state index contributed by atoms with van der Waals surface area (Å²) in [5.41, 5.74) is 9.19. The molecule has 0 aliphatic carbocycles. The van der Waals surface area contributed by atoms with Crippen molar-refractivity contribution < 1.29 is 47.8 Å². The fraction of sp³-hybridized carbons (Fsp3) is 0.327. The van der Waals surface area contributed by atoms with E-state index >= 15 is 0 Å². The van der Waals surface area contributed by atoms with Gasteiger partial charge >= 0.3 is 5.97 Å². The van der Waals surface area contributed by atoms with Gasteiger partial charge in [0.25, 0.3) is 0 Å². The summed E-state index contributed by atoms with van der Waals surface area (Å²) >= 11 is 0. The van der Waals surface area contributed by atoms with Crippen LogP contribution in [0.4, 0.5) is 0 Å². The number of piperidine rings is 1.